The first-order chi connectivity index (χ1) is 20.5. The summed E-state index contributed by atoms with van der Waals surface area (Å²) in [7, 11) is -3.57. The predicted octanol–water partition coefficient (Wildman–Crippen LogP) is 2.73. The van der Waals surface area contributed by atoms with E-state index in [0.29, 0.717) is 23.6 Å². The molecule has 230 valence electrons. The SMILES string of the molecule is CS(=O)(=O)Nc1cc([C@@H](O)CNCC2CCN(c3ccc(C(=O)N[C@@H](Cc4ccccc4)C(=O)O)cc3)CC2)ccc1O. The number of aliphatic hydroxyl groups is 1. The van der Waals surface area contributed by atoms with Crippen LogP contribution in [-0.4, -0.2) is 74.1 Å². The predicted molar refractivity (Wildman–Crippen MR) is 165 cm³/mol. The Morgan fingerprint density at radius 1 is 1.00 bits per heavy atom. The molecule has 0 radical (unpaired) electrons. The molecule has 0 unspecified atom stereocenters. The molecule has 2 atom stereocenters. The van der Waals surface area contributed by atoms with Gasteiger partial charge in [-0.1, -0.05) is 36.4 Å². The summed E-state index contributed by atoms with van der Waals surface area (Å²) in [6.45, 7) is 2.65. The van der Waals surface area contributed by atoms with Gasteiger partial charge in [0.1, 0.15) is 11.8 Å². The van der Waals surface area contributed by atoms with Gasteiger partial charge in [-0.05, 0) is 72.8 Å². The van der Waals surface area contributed by atoms with Crippen LogP contribution in [0.5, 0.6) is 5.75 Å². The summed E-state index contributed by atoms with van der Waals surface area (Å²) in [4.78, 5) is 26.7. The molecule has 11 nitrogen and oxygen atoms in total. The van der Waals surface area contributed by atoms with Crippen LogP contribution in [0.3, 0.4) is 0 Å². The van der Waals surface area contributed by atoms with E-state index in [0.717, 1.165) is 43.4 Å². The Labute approximate surface area is 251 Å². The highest BCUT2D eigenvalue weighted by atomic mass is 32.2. The number of aliphatic hydroxyl groups excluding tert-OH is 1. The zero-order chi connectivity index (χ0) is 31.0. The molecule has 12 heteroatoms. The van der Waals surface area contributed by atoms with Crippen LogP contribution in [0.1, 0.15) is 40.4 Å². The second-order valence-corrected chi connectivity index (χ2v) is 12.6. The van der Waals surface area contributed by atoms with Crippen molar-refractivity contribution in [3.8, 4) is 5.75 Å². The largest absolute Gasteiger partial charge is 0.506 e. The average Bonchev–Trinajstić information content (AvgIpc) is 2.98. The third kappa shape index (κ3) is 9.43. The van der Waals surface area contributed by atoms with Crippen LogP contribution in [0, 0.1) is 5.92 Å². The number of carboxylic acid groups (broad SMARTS) is 1. The second-order valence-electron chi connectivity index (χ2n) is 10.9. The van der Waals surface area contributed by atoms with E-state index in [9.17, 15) is 33.3 Å². The Hall–Kier alpha value is -4.13. The van der Waals surface area contributed by atoms with Gasteiger partial charge in [-0.25, -0.2) is 13.2 Å². The van der Waals surface area contributed by atoms with Crippen LogP contribution in [0.4, 0.5) is 11.4 Å². The molecule has 0 bridgehead atoms. The lowest BCUT2D eigenvalue weighted by Crippen LogP contribution is -2.42. The number of aliphatic carboxylic acids is 1. The molecule has 1 aliphatic heterocycles. The Bertz CT molecular complexity index is 1490. The average molecular weight is 611 g/mol. The van der Waals surface area contributed by atoms with Crippen molar-refractivity contribution in [2.24, 2.45) is 5.92 Å². The fourth-order valence-electron chi connectivity index (χ4n) is 5.09. The summed E-state index contributed by atoms with van der Waals surface area (Å²) in [6.07, 6.45) is 2.19. The lowest BCUT2D eigenvalue weighted by molar-refractivity contribution is -0.139. The Morgan fingerprint density at radius 3 is 2.30 bits per heavy atom. The molecule has 1 heterocycles. The first-order valence-corrected chi connectivity index (χ1v) is 16.0. The van der Waals surface area contributed by atoms with Crippen molar-refractivity contribution in [1.82, 2.24) is 10.6 Å². The van der Waals surface area contributed by atoms with Crippen molar-refractivity contribution in [1.29, 1.82) is 0 Å². The normalized spacial score (nSPS) is 15.4. The molecule has 3 aromatic carbocycles. The van der Waals surface area contributed by atoms with E-state index in [1.54, 1.807) is 18.2 Å². The van der Waals surface area contributed by atoms with Gasteiger partial charge in [0.05, 0.1) is 18.0 Å². The van der Waals surface area contributed by atoms with Crippen molar-refractivity contribution < 1.29 is 33.3 Å². The minimum absolute atomic E-state index is 0.0209. The van der Waals surface area contributed by atoms with E-state index in [4.69, 9.17) is 0 Å². The third-order valence-electron chi connectivity index (χ3n) is 7.47. The van der Waals surface area contributed by atoms with Crippen molar-refractivity contribution in [3.05, 3.63) is 89.5 Å². The minimum Gasteiger partial charge on any atom is -0.506 e. The van der Waals surface area contributed by atoms with Gasteiger partial charge in [0.2, 0.25) is 10.0 Å². The number of hydrogen-bond donors (Lipinski definition) is 6. The van der Waals surface area contributed by atoms with E-state index in [2.05, 4.69) is 20.3 Å². The van der Waals surface area contributed by atoms with Crippen molar-refractivity contribution in [2.75, 3.05) is 42.1 Å². The number of carboxylic acids is 1. The molecule has 0 saturated carbocycles. The van der Waals surface area contributed by atoms with E-state index >= 15 is 0 Å². The number of benzene rings is 3. The zero-order valence-electron chi connectivity index (χ0n) is 23.9. The van der Waals surface area contributed by atoms with Crippen LogP contribution in [0.15, 0.2) is 72.8 Å². The van der Waals surface area contributed by atoms with Crippen LogP contribution in [-0.2, 0) is 21.2 Å². The number of phenols is 1. The van der Waals surface area contributed by atoms with Crippen LogP contribution in [0.2, 0.25) is 0 Å². The standard InChI is InChI=1S/C31H38N4O7S/c1-43(41,42)34-26-18-24(9-12-28(26)36)29(37)20-32-19-22-13-15-35(16-14-22)25-10-7-23(8-11-25)30(38)33-27(31(39)40)17-21-5-3-2-4-6-21/h2-12,18,22,27,29,32,34,36-37H,13-17,19-20H2,1H3,(H,33,38)(H,39,40)/t27-,29-/m0/s1. The number of phenolic OH excluding ortho intramolecular Hbond substituents is 1. The second kappa shape index (κ2) is 14.4. The number of rotatable bonds is 13. The Balaban J connectivity index is 1.22. The highest BCUT2D eigenvalue weighted by molar-refractivity contribution is 7.92. The lowest BCUT2D eigenvalue weighted by Gasteiger charge is -2.34. The van der Waals surface area contributed by atoms with Crippen LogP contribution < -0.4 is 20.3 Å². The monoisotopic (exact) mass is 610 g/mol. The number of amides is 1. The molecule has 0 aromatic heterocycles. The fraction of sp³-hybridized carbons (Fsp3) is 0.355. The summed E-state index contributed by atoms with van der Waals surface area (Å²) in [5.74, 6) is -1.33. The molecule has 1 aliphatic rings. The van der Waals surface area contributed by atoms with Gasteiger partial charge in [0.15, 0.2) is 0 Å². The van der Waals surface area contributed by atoms with Crippen molar-refractivity contribution in [2.45, 2.75) is 31.4 Å². The van der Waals surface area contributed by atoms with Gasteiger partial charge in [-0.2, -0.15) is 0 Å². The number of sulfonamides is 1. The van der Waals surface area contributed by atoms with Crippen LogP contribution >= 0.6 is 0 Å². The molecule has 1 fully saturated rings. The minimum atomic E-state index is -3.57. The Kier molecular flexibility index (Phi) is 10.6. The number of carbonyl (C=O) groups is 2. The third-order valence-corrected chi connectivity index (χ3v) is 8.06. The zero-order valence-corrected chi connectivity index (χ0v) is 24.8. The Morgan fingerprint density at radius 2 is 1.67 bits per heavy atom. The summed E-state index contributed by atoms with van der Waals surface area (Å²) in [6, 6.07) is 19.6. The first-order valence-electron chi connectivity index (χ1n) is 14.1. The molecule has 3 aromatic rings. The molecule has 1 saturated heterocycles. The summed E-state index contributed by atoms with van der Waals surface area (Å²) in [5, 5.41) is 36.0. The van der Waals surface area contributed by atoms with Gasteiger partial charge < -0.3 is 30.9 Å². The molecular weight excluding hydrogens is 572 g/mol. The molecule has 0 spiro atoms. The van der Waals surface area contributed by atoms with E-state index < -0.39 is 34.0 Å². The summed E-state index contributed by atoms with van der Waals surface area (Å²) < 4.78 is 25.3. The molecule has 0 aliphatic carbocycles. The number of nitrogens with one attached hydrogen (secondary N) is 3. The summed E-state index contributed by atoms with van der Waals surface area (Å²) >= 11 is 0. The number of carbonyl (C=O) groups excluding carboxylic acids is 1. The van der Waals surface area contributed by atoms with Gasteiger partial charge >= 0.3 is 5.97 Å². The van der Waals surface area contributed by atoms with Crippen molar-refractivity contribution in [3.63, 3.8) is 0 Å². The quantitative estimate of drug-likeness (QED) is 0.159. The van der Waals surface area contributed by atoms with E-state index in [1.807, 2.05) is 42.5 Å². The molecular formula is C31H38N4O7S. The number of aromatic hydroxyl groups is 1. The maximum absolute atomic E-state index is 12.8. The van der Waals surface area contributed by atoms with Gasteiger partial charge in [-0.15, -0.1) is 0 Å². The number of hydrogen-bond acceptors (Lipinski definition) is 8. The number of piperidine rings is 1. The first kappa shape index (κ1) is 31.8. The van der Waals surface area contributed by atoms with Gasteiger partial charge in [0, 0.05) is 37.3 Å². The van der Waals surface area contributed by atoms with Gasteiger partial charge in [0.25, 0.3) is 5.91 Å². The van der Waals surface area contributed by atoms with Crippen molar-refractivity contribution >= 4 is 33.3 Å². The fourth-order valence-corrected chi connectivity index (χ4v) is 5.66. The van der Waals surface area contributed by atoms with E-state index in [-0.39, 0.29) is 24.4 Å². The molecule has 6 N–H and O–H groups in total. The van der Waals surface area contributed by atoms with Gasteiger partial charge in [-0.3, -0.25) is 9.52 Å². The smallest absolute Gasteiger partial charge is 0.326 e. The lowest BCUT2D eigenvalue weighted by atomic mass is 9.96. The highest BCUT2D eigenvalue weighted by Gasteiger charge is 2.23. The number of nitrogens with zero attached hydrogens (tertiary/aromatic N) is 1. The molecule has 4 rings (SSSR count). The topological polar surface area (TPSA) is 168 Å². The number of anilines is 2. The van der Waals surface area contributed by atoms with E-state index in [1.165, 1.54) is 12.1 Å². The maximum atomic E-state index is 12.8. The summed E-state index contributed by atoms with van der Waals surface area (Å²) in [5.41, 5.74) is 2.72. The molecule has 1 amide bonds. The van der Waals surface area contributed by atoms with Crippen LogP contribution in [0.25, 0.3) is 0 Å². The maximum Gasteiger partial charge on any atom is 0.326 e. The highest BCUT2D eigenvalue weighted by Crippen LogP contribution is 2.28. The molecule has 43 heavy (non-hydrogen) atoms.